The summed E-state index contributed by atoms with van der Waals surface area (Å²) in [7, 11) is 0. The summed E-state index contributed by atoms with van der Waals surface area (Å²) in [6, 6.07) is 10.2. The van der Waals surface area contributed by atoms with Gasteiger partial charge in [-0.05, 0) is 43.0 Å². The topological polar surface area (TPSA) is 55.3 Å². The Labute approximate surface area is 168 Å². The first-order chi connectivity index (χ1) is 13.0. The van der Waals surface area contributed by atoms with Crippen LogP contribution in [0.15, 0.2) is 30.3 Å². The second-order valence-electron chi connectivity index (χ2n) is 6.19. The van der Waals surface area contributed by atoms with Gasteiger partial charge >= 0.3 is 5.97 Å². The zero-order chi connectivity index (χ0) is 19.4. The lowest BCUT2D eigenvalue weighted by Gasteiger charge is -2.23. The SMILES string of the molecule is CCCOC(=O)c1sc2nc(Cl)nc(N(CC)Cc3ccccc3)c2c1C. The predicted octanol–water partition coefficient (Wildman–Crippen LogP) is 5.25. The lowest BCUT2D eigenvalue weighted by molar-refractivity contribution is 0.0510. The Morgan fingerprint density at radius 3 is 2.63 bits per heavy atom. The molecule has 0 spiro atoms. The number of hydrogen-bond donors (Lipinski definition) is 0. The van der Waals surface area contributed by atoms with Crippen LogP contribution < -0.4 is 4.90 Å². The van der Waals surface area contributed by atoms with Crippen molar-refractivity contribution in [1.82, 2.24) is 9.97 Å². The third-order valence-corrected chi connectivity index (χ3v) is 5.60. The van der Waals surface area contributed by atoms with Gasteiger partial charge < -0.3 is 9.64 Å². The maximum Gasteiger partial charge on any atom is 0.348 e. The Bertz CT molecular complexity index is 943. The minimum atomic E-state index is -0.314. The number of carbonyl (C=O) groups excluding carboxylic acids is 1. The lowest BCUT2D eigenvalue weighted by Crippen LogP contribution is -2.23. The van der Waals surface area contributed by atoms with Crippen LogP contribution in [0.2, 0.25) is 5.28 Å². The number of esters is 1. The van der Waals surface area contributed by atoms with Crippen molar-refractivity contribution in [2.45, 2.75) is 33.7 Å². The predicted molar refractivity (Wildman–Crippen MR) is 111 cm³/mol. The fourth-order valence-electron chi connectivity index (χ4n) is 2.92. The van der Waals surface area contributed by atoms with Crippen molar-refractivity contribution in [3.63, 3.8) is 0 Å². The molecule has 2 aromatic heterocycles. The van der Waals surface area contributed by atoms with Crippen LogP contribution in [-0.4, -0.2) is 29.1 Å². The van der Waals surface area contributed by atoms with Gasteiger partial charge in [0, 0.05) is 13.1 Å². The summed E-state index contributed by atoms with van der Waals surface area (Å²) in [5.74, 6) is 0.435. The second-order valence-corrected chi connectivity index (χ2v) is 7.53. The number of halogens is 1. The highest BCUT2D eigenvalue weighted by molar-refractivity contribution is 7.20. The van der Waals surface area contributed by atoms with Gasteiger partial charge in [0.25, 0.3) is 0 Å². The van der Waals surface area contributed by atoms with E-state index in [9.17, 15) is 4.79 Å². The first-order valence-electron chi connectivity index (χ1n) is 8.97. The molecule has 2 heterocycles. The number of anilines is 1. The van der Waals surface area contributed by atoms with Crippen LogP contribution in [-0.2, 0) is 11.3 Å². The molecular weight excluding hydrogens is 382 g/mol. The van der Waals surface area contributed by atoms with Gasteiger partial charge in [0.1, 0.15) is 15.5 Å². The number of aryl methyl sites for hydroxylation is 1. The Morgan fingerprint density at radius 1 is 1.22 bits per heavy atom. The Morgan fingerprint density at radius 2 is 1.96 bits per heavy atom. The molecule has 27 heavy (non-hydrogen) atoms. The smallest absolute Gasteiger partial charge is 0.348 e. The molecule has 0 saturated heterocycles. The molecule has 3 aromatic rings. The molecule has 0 aliphatic heterocycles. The van der Waals surface area contributed by atoms with E-state index in [0.29, 0.717) is 22.9 Å². The largest absolute Gasteiger partial charge is 0.462 e. The van der Waals surface area contributed by atoms with E-state index >= 15 is 0 Å². The van der Waals surface area contributed by atoms with E-state index in [2.05, 4.69) is 33.9 Å². The quantitative estimate of drug-likeness (QED) is 0.398. The molecule has 0 N–H and O–H groups in total. The molecule has 0 saturated carbocycles. The summed E-state index contributed by atoms with van der Waals surface area (Å²) in [6.07, 6.45) is 0.785. The summed E-state index contributed by atoms with van der Waals surface area (Å²) in [6.45, 7) is 7.81. The Kier molecular flexibility index (Phi) is 6.29. The third kappa shape index (κ3) is 4.22. The minimum Gasteiger partial charge on any atom is -0.462 e. The summed E-state index contributed by atoms with van der Waals surface area (Å²) >= 11 is 7.50. The molecule has 0 aliphatic rings. The van der Waals surface area contributed by atoms with Crippen LogP contribution in [0.4, 0.5) is 5.82 Å². The van der Waals surface area contributed by atoms with E-state index in [1.165, 1.54) is 16.9 Å². The van der Waals surface area contributed by atoms with Crippen LogP contribution in [0.1, 0.15) is 41.1 Å². The molecule has 0 unspecified atom stereocenters. The van der Waals surface area contributed by atoms with Gasteiger partial charge in [-0.3, -0.25) is 0 Å². The molecule has 0 amide bonds. The van der Waals surface area contributed by atoms with Crippen molar-refractivity contribution in [2.75, 3.05) is 18.1 Å². The van der Waals surface area contributed by atoms with Gasteiger partial charge in [-0.2, -0.15) is 4.98 Å². The Balaban J connectivity index is 2.06. The number of fused-ring (bicyclic) bond motifs is 1. The van der Waals surface area contributed by atoms with E-state index in [4.69, 9.17) is 16.3 Å². The molecule has 0 aliphatic carbocycles. The summed E-state index contributed by atoms with van der Waals surface area (Å²) in [5.41, 5.74) is 2.02. The van der Waals surface area contributed by atoms with Crippen molar-refractivity contribution in [1.29, 1.82) is 0 Å². The first kappa shape index (κ1) is 19.6. The summed E-state index contributed by atoms with van der Waals surface area (Å²) < 4.78 is 5.32. The van der Waals surface area contributed by atoms with Gasteiger partial charge in [-0.25, -0.2) is 9.78 Å². The van der Waals surface area contributed by atoms with Crippen molar-refractivity contribution < 1.29 is 9.53 Å². The number of thiophene rings is 1. The lowest BCUT2D eigenvalue weighted by atomic mass is 10.1. The number of carbonyl (C=O) groups is 1. The zero-order valence-corrected chi connectivity index (χ0v) is 17.2. The molecule has 142 valence electrons. The van der Waals surface area contributed by atoms with Crippen LogP contribution in [0.25, 0.3) is 10.2 Å². The summed E-state index contributed by atoms with van der Waals surface area (Å²) in [5, 5.41) is 1.05. The molecule has 0 bridgehead atoms. The van der Waals surface area contributed by atoms with Crippen molar-refractivity contribution in [2.24, 2.45) is 0 Å². The molecule has 1 aromatic carbocycles. The van der Waals surface area contributed by atoms with Crippen LogP contribution in [0.5, 0.6) is 0 Å². The molecule has 0 atom stereocenters. The van der Waals surface area contributed by atoms with E-state index < -0.39 is 0 Å². The number of ether oxygens (including phenoxy) is 1. The highest BCUT2D eigenvalue weighted by Gasteiger charge is 2.23. The maximum atomic E-state index is 12.4. The van der Waals surface area contributed by atoms with Gasteiger partial charge in [0.15, 0.2) is 0 Å². The van der Waals surface area contributed by atoms with E-state index in [1.54, 1.807) is 0 Å². The molecule has 3 rings (SSSR count). The van der Waals surface area contributed by atoms with E-state index in [1.807, 2.05) is 32.0 Å². The molecule has 0 fully saturated rings. The number of rotatable bonds is 7. The van der Waals surface area contributed by atoms with Crippen molar-refractivity contribution in [3.8, 4) is 0 Å². The molecule has 5 nitrogen and oxygen atoms in total. The van der Waals surface area contributed by atoms with Gasteiger partial charge in [-0.1, -0.05) is 37.3 Å². The minimum absolute atomic E-state index is 0.179. The normalized spacial score (nSPS) is 11.0. The molecule has 7 heteroatoms. The number of nitrogens with zero attached hydrogens (tertiary/aromatic N) is 3. The highest BCUT2D eigenvalue weighted by Crippen LogP contribution is 2.37. The van der Waals surface area contributed by atoms with Crippen LogP contribution in [0, 0.1) is 6.92 Å². The first-order valence-corrected chi connectivity index (χ1v) is 10.2. The fourth-order valence-corrected chi connectivity index (χ4v) is 4.20. The van der Waals surface area contributed by atoms with E-state index in [0.717, 1.165) is 29.7 Å². The number of aromatic nitrogens is 2. The molecular formula is C20H22ClN3O2S. The fraction of sp³-hybridized carbons (Fsp3) is 0.350. The molecule has 0 radical (unpaired) electrons. The second kappa shape index (κ2) is 8.67. The summed E-state index contributed by atoms with van der Waals surface area (Å²) in [4.78, 5) is 24.7. The number of benzene rings is 1. The maximum absolute atomic E-state index is 12.4. The standard InChI is InChI=1S/C20H22ClN3O2S/c1-4-11-26-19(25)16-13(3)15-17(22-20(21)23-18(15)27-16)24(5-2)12-14-9-7-6-8-10-14/h6-10H,4-5,11-12H2,1-3H3. The number of hydrogen-bond acceptors (Lipinski definition) is 6. The van der Waals surface area contributed by atoms with Gasteiger partial charge in [0.2, 0.25) is 5.28 Å². The highest BCUT2D eigenvalue weighted by atomic mass is 35.5. The third-order valence-electron chi connectivity index (χ3n) is 4.26. The van der Waals surface area contributed by atoms with Crippen LogP contribution >= 0.6 is 22.9 Å². The van der Waals surface area contributed by atoms with Crippen molar-refractivity contribution in [3.05, 3.63) is 51.6 Å². The van der Waals surface area contributed by atoms with E-state index in [-0.39, 0.29) is 11.3 Å². The van der Waals surface area contributed by atoms with Crippen molar-refractivity contribution >= 4 is 44.9 Å². The average Bonchev–Trinajstić information content (AvgIpc) is 3.00. The monoisotopic (exact) mass is 403 g/mol. The van der Waals surface area contributed by atoms with Crippen LogP contribution in [0.3, 0.4) is 0 Å². The van der Waals surface area contributed by atoms with Gasteiger partial charge in [-0.15, -0.1) is 11.3 Å². The average molecular weight is 404 g/mol. The van der Waals surface area contributed by atoms with Gasteiger partial charge in [0.05, 0.1) is 12.0 Å². The Hall–Kier alpha value is -2.18. The zero-order valence-electron chi connectivity index (χ0n) is 15.7.